The minimum atomic E-state index is -3.67. The highest BCUT2D eigenvalue weighted by molar-refractivity contribution is 7.85. The molecular formula is C20H25N3O7S. The van der Waals surface area contributed by atoms with Crippen molar-refractivity contribution in [2.24, 2.45) is 16.5 Å². The molecule has 2 rings (SSSR count). The van der Waals surface area contributed by atoms with E-state index < -0.39 is 16.1 Å². The number of hydrogen-bond acceptors (Lipinski definition) is 7. The van der Waals surface area contributed by atoms with E-state index in [4.69, 9.17) is 25.5 Å². The van der Waals surface area contributed by atoms with E-state index >= 15 is 0 Å². The van der Waals surface area contributed by atoms with Gasteiger partial charge in [0.2, 0.25) is 0 Å². The summed E-state index contributed by atoms with van der Waals surface area (Å²) in [7, 11) is -3.67. The summed E-state index contributed by atoms with van der Waals surface area (Å²) in [6.45, 7) is 3.86. The first-order valence-electron chi connectivity index (χ1n) is 9.01. The summed E-state index contributed by atoms with van der Waals surface area (Å²) in [5.74, 6) is -0.867. The van der Waals surface area contributed by atoms with Gasteiger partial charge < -0.3 is 20.9 Å². The van der Waals surface area contributed by atoms with Gasteiger partial charge in [-0.2, -0.15) is 8.42 Å². The van der Waals surface area contributed by atoms with E-state index in [-0.39, 0.29) is 17.8 Å². The normalized spacial score (nSPS) is 11.4. The molecule has 0 amide bonds. The van der Waals surface area contributed by atoms with Crippen molar-refractivity contribution in [3.05, 3.63) is 59.7 Å². The Morgan fingerprint density at radius 3 is 2.03 bits per heavy atom. The molecule has 2 aromatic rings. The molecule has 0 heterocycles. The molecule has 0 spiro atoms. The molecule has 31 heavy (non-hydrogen) atoms. The van der Waals surface area contributed by atoms with Crippen LogP contribution in [-0.4, -0.2) is 43.7 Å². The van der Waals surface area contributed by atoms with Crippen LogP contribution in [0.5, 0.6) is 5.75 Å². The number of nitrogens with zero attached hydrogens (tertiary/aromatic N) is 1. The van der Waals surface area contributed by atoms with Crippen LogP contribution in [0.2, 0.25) is 0 Å². The first-order valence-corrected chi connectivity index (χ1v) is 10.9. The topological polar surface area (TPSA) is 171 Å². The summed E-state index contributed by atoms with van der Waals surface area (Å²) in [6.07, 6.45) is 0.715. The van der Waals surface area contributed by atoms with E-state index in [0.29, 0.717) is 29.9 Å². The van der Waals surface area contributed by atoms with Crippen LogP contribution in [0.25, 0.3) is 0 Å². The van der Waals surface area contributed by atoms with Gasteiger partial charge in [0, 0.05) is 0 Å². The molecule has 2 aromatic carbocycles. The number of hydrogen-bond donors (Lipinski definition) is 3. The molecule has 0 saturated carbocycles. The monoisotopic (exact) mass is 451 g/mol. The van der Waals surface area contributed by atoms with Crippen molar-refractivity contribution in [1.82, 2.24) is 0 Å². The number of benzene rings is 2. The highest BCUT2D eigenvalue weighted by atomic mass is 32.2. The first kappa shape index (κ1) is 25.6. The number of esters is 2. The lowest BCUT2D eigenvalue weighted by atomic mass is 10.0. The van der Waals surface area contributed by atoms with Crippen molar-refractivity contribution in [2.75, 3.05) is 12.9 Å². The van der Waals surface area contributed by atoms with Crippen molar-refractivity contribution in [3.8, 4) is 5.75 Å². The van der Waals surface area contributed by atoms with Gasteiger partial charge in [0.15, 0.2) is 5.96 Å². The highest BCUT2D eigenvalue weighted by Gasteiger charge is 2.16. The number of nitrogens with two attached hydrogens (primary N) is 2. The van der Waals surface area contributed by atoms with Gasteiger partial charge >= 0.3 is 11.9 Å². The first-order chi connectivity index (χ1) is 14.4. The van der Waals surface area contributed by atoms with Gasteiger partial charge in [-0.1, -0.05) is 12.1 Å². The highest BCUT2D eigenvalue weighted by Crippen LogP contribution is 2.21. The Balaban J connectivity index is 0.000000861. The van der Waals surface area contributed by atoms with E-state index in [9.17, 15) is 18.0 Å². The second-order valence-electron chi connectivity index (χ2n) is 6.25. The zero-order chi connectivity index (χ0) is 23.6. The molecule has 1 atom stereocenters. The fraction of sp³-hybridized carbons (Fsp3) is 0.250. The Kier molecular flexibility index (Phi) is 9.64. The summed E-state index contributed by atoms with van der Waals surface area (Å²) in [5, 5.41) is 0. The van der Waals surface area contributed by atoms with Crippen LogP contribution in [-0.2, 0) is 19.6 Å². The number of guanidine groups is 1. The van der Waals surface area contributed by atoms with Gasteiger partial charge in [0.1, 0.15) is 5.75 Å². The number of carbonyl (C=O) groups excluding carboxylic acids is 2. The average molecular weight is 452 g/mol. The molecule has 0 aliphatic carbocycles. The van der Waals surface area contributed by atoms with E-state index in [1.54, 1.807) is 62.4 Å². The quantitative estimate of drug-likeness (QED) is 0.195. The number of rotatable bonds is 6. The Morgan fingerprint density at radius 2 is 1.58 bits per heavy atom. The largest absolute Gasteiger partial charge is 0.466 e. The van der Waals surface area contributed by atoms with Gasteiger partial charge in [-0.25, -0.2) is 9.79 Å². The minimum Gasteiger partial charge on any atom is -0.466 e. The van der Waals surface area contributed by atoms with Crippen LogP contribution in [0, 0.1) is 0 Å². The molecule has 10 nitrogen and oxygen atoms in total. The summed E-state index contributed by atoms with van der Waals surface area (Å²) in [5.41, 5.74) is 12.3. The zero-order valence-electron chi connectivity index (χ0n) is 17.3. The smallest absolute Gasteiger partial charge is 0.343 e. The lowest BCUT2D eigenvalue weighted by molar-refractivity contribution is -0.144. The molecule has 0 bridgehead atoms. The Labute approximate surface area is 180 Å². The van der Waals surface area contributed by atoms with Gasteiger partial charge in [-0.15, -0.1) is 0 Å². The molecule has 0 radical (unpaired) electrons. The lowest BCUT2D eigenvalue weighted by Gasteiger charge is -2.11. The SMILES string of the molecule is CCOC(=O)[C@@H](C)c1ccc(OC(=O)c2ccc(N=C(N)N)cc2)cc1.CS(=O)(=O)O. The molecular weight excluding hydrogens is 426 g/mol. The van der Waals surface area contributed by atoms with Crippen LogP contribution >= 0.6 is 0 Å². The molecule has 0 aliphatic heterocycles. The standard InChI is InChI=1S/C19H21N3O4.CH4O3S/c1-3-25-17(23)12(2)13-6-10-16(11-7-13)26-18(24)14-4-8-15(9-5-14)22-19(20)21;1-5(2,3)4/h4-12H,3H2,1-2H3,(H4,20,21,22);1H3,(H,2,3,4)/t12-;/m0./s1. The van der Waals surface area contributed by atoms with Crippen LogP contribution < -0.4 is 16.2 Å². The van der Waals surface area contributed by atoms with E-state index in [1.165, 1.54) is 0 Å². The predicted molar refractivity (Wildman–Crippen MR) is 116 cm³/mol. The Morgan fingerprint density at radius 1 is 1.06 bits per heavy atom. The molecule has 5 N–H and O–H groups in total. The maximum absolute atomic E-state index is 12.2. The van der Waals surface area contributed by atoms with Gasteiger partial charge in [0.25, 0.3) is 10.1 Å². The van der Waals surface area contributed by atoms with E-state index in [0.717, 1.165) is 5.56 Å². The predicted octanol–water partition coefficient (Wildman–Crippen LogP) is 1.98. The molecule has 0 aliphatic rings. The summed E-state index contributed by atoms with van der Waals surface area (Å²) in [6, 6.07) is 13.1. The maximum atomic E-state index is 12.2. The average Bonchev–Trinajstić information content (AvgIpc) is 2.67. The minimum absolute atomic E-state index is 0.0579. The third-order valence-corrected chi connectivity index (χ3v) is 3.59. The summed E-state index contributed by atoms with van der Waals surface area (Å²) < 4.78 is 36.2. The van der Waals surface area contributed by atoms with Crippen LogP contribution in [0.15, 0.2) is 53.5 Å². The van der Waals surface area contributed by atoms with E-state index in [2.05, 4.69) is 4.99 Å². The molecule has 11 heteroatoms. The zero-order valence-corrected chi connectivity index (χ0v) is 18.1. The van der Waals surface area contributed by atoms with Crippen LogP contribution in [0.3, 0.4) is 0 Å². The van der Waals surface area contributed by atoms with Crippen molar-refractivity contribution >= 4 is 33.7 Å². The van der Waals surface area contributed by atoms with Crippen molar-refractivity contribution in [3.63, 3.8) is 0 Å². The Hall–Kier alpha value is -3.44. The van der Waals surface area contributed by atoms with Gasteiger partial charge in [0.05, 0.1) is 30.0 Å². The van der Waals surface area contributed by atoms with Crippen LogP contribution in [0.4, 0.5) is 5.69 Å². The summed E-state index contributed by atoms with van der Waals surface area (Å²) >= 11 is 0. The van der Waals surface area contributed by atoms with Crippen molar-refractivity contribution in [1.29, 1.82) is 0 Å². The molecule has 0 fully saturated rings. The van der Waals surface area contributed by atoms with Gasteiger partial charge in [-0.05, 0) is 55.8 Å². The number of aliphatic imine (C=N–C) groups is 1. The second-order valence-corrected chi connectivity index (χ2v) is 7.71. The molecule has 0 aromatic heterocycles. The second kappa shape index (κ2) is 11.7. The fourth-order valence-corrected chi connectivity index (χ4v) is 2.21. The molecule has 168 valence electrons. The van der Waals surface area contributed by atoms with E-state index in [1.807, 2.05) is 0 Å². The molecule has 0 saturated heterocycles. The number of ether oxygens (including phenoxy) is 2. The fourth-order valence-electron chi connectivity index (χ4n) is 2.21. The van der Waals surface area contributed by atoms with Crippen LogP contribution in [0.1, 0.15) is 35.7 Å². The molecule has 0 unspecified atom stereocenters. The Bertz CT molecular complexity index is 1010. The van der Waals surface area contributed by atoms with Crippen molar-refractivity contribution in [2.45, 2.75) is 19.8 Å². The lowest BCUT2D eigenvalue weighted by Crippen LogP contribution is -2.21. The maximum Gasteiger partial charge on any atom is 0.343 e. The third-order valence-electron chi connectivity index (χ3n) is 3.59. The summed E-state index contributed by atoms with van der Waals surface area (Å²) in [4.78, 5) is 27.8. The third kappa shape index (κ3) is 10.2. The van der Waals surface area contributed by atoms with Crippen molar-refractivity contribution < 1.29 is 32.0 Å². The number of carbonyl (C=O) groups is 2. The van der Waals surface area contributed by atoms with Gasteiger partial charge in [-0.3, -0.25) is 9.35 Å².